The molecule has 4 rings (SSSR count). The van der Waals surface area contributed by atoms with Crippen LogP contribution in [0.25, 0.3) is 0 Å². The average molecular weight is 390 g/mol. The summed E-state index contributed by atoms with van der Waals surface area (Å²) in [6.45, 7) is 6.69. The highest BCUT2D eigenvalue weighted by Crippen LogP contribution is 2.61. The maximum Gasteiger partial charge on any atom is 0.303 e. The van der Waals surface area contributed by atoms with Crippen molar-refractivity contribution >= 4 is 23.2 Å². The van der Waals surface area contributed by atoms with Crippen LogP contribution in [0.3, 0.4) is 0 Å². The summed E-state index contributed by atoms with van der Waals surface area (Å²) in [6.07, 6.45) is 9.37. The van der Waals surface area contributed by atoms with E-state index in [1.807, 2.05) is 18.4 Å². The van der Waals surface area contributed by atoms with E-state index in [0.29, 0.717) is 23.7 Å². The van der Waals surface area contributed by atoms with E-state index in [9.17, 15) is 9.59 Å². The number of rotatable bonds is 8. The van der Waals surface area contributed by atoms with Gasteiger partial charge in [-0.25, -0.2) is 0 Å². The second-order valence-electron chi connectivity index (χ2n) is 8.74. The number of aliphatic carboxylic acids is 1. The molecule has 2 bridgehead atoms. The summed E-state index contributed by atoms with van der Waals surface area (Å²) in [4.78, 5) is 24.5. The summed E-state index contributed by atoms with van der Waals surface area (Å²) in [7, 11) is 0. The van der Waals surface area contributed by atoms with Gasteiger partial charge >= 0.3 is 5.97 Å². The van der Waals surface area contributed by atoms with E-state index < -0.39 is 5.97 Å². The van der Waals surface area contributed by atoms with E-state index in [1.54, 1.807) is 11.3 Å². The lowest BCUT2D eigenvalue weighted by molar-refractivity contribution is -0.137. The lowest BCUT2D eigenvalue weighted by Gasteiger charge is -2.62. The molecule has 2 N–H and O–H groups in total. The first-order chi connectivity index (χ1) is 12.8. The van der Waals surface area contributed by atoms with E-state index in [-0.39, 0.29) is 18.4 Å². The minimum atomic E-state index is -0.732. The number of thiophene rings is 1. The number of carboxylic acids is 1. The smallest absolute Gasteiger partial charge is 0.303 e. The zero-order chi connectivity index (χ0) is 19.6. The van der Waals surface area contributed by atoms with E-state index in [1.165, 1.54) is 6.42 Å². The van der Waals surface area contributed by atoms with Crippen LogP contribution >= 0.6 is 11.3 Å². The average Bonchev–Trinajstić information content (AvgIpc) is 3.04. The fraction of sp³-hybridized carbons (Fsp3) is 0.636. The van der Waals surface area contributed by atoms with Crippen LogP contribution in [0.2, 0.25) is 0 Å². The first-order valence-corrected chi connectivity index (χ1v) is 10.9. The third-order valence-corrected chi connectivity index (χ3v) is 7.69. The number of carbonyl (C=O) groups excluding carboxylic acids is 1. The number of fused-ring (bicyclic) bond motifs is 2. The molecule has 0 radical (unpaired) electrons. The molecule has 0 aromatic carbocycles. The molecule has 4 atom stereocenters. The molecule has 27 heavy (non-hydrogen) atoms. The van der Waals surface area contributed by atoms with E-state index in [2.05, 4.69) is 31.3 Å². The summed E-state index contributed by atoms with van der Waals surface area (Å²) in [6, 6.07) is 2.14. The molecule has 4 nitrogen and oxygen atoms in total. The van der Waals surface area contributed by atoms with Gasteiger partial charge in [0.1, 0.15) is 0 Å². The number of carbonyl (C=O) groups is 2. The van der Waals surface area contributed by atoms with Gasteiger partial charge in [-0.15, -0.1) is 11.3 Å². The van der Waals surface area contributed by atoms with Crippen LogP contribution in [0, 0.1) is 30.1 Å². The van der Waals surface area contributed by atoms with Crippen LogP contribution in [-0.4, -0.2) is 23.0 Å². The number of aryl methyl sites for hydroxylation is 1. The van der Waals surface area contributed by atoms with Crippen molar-refractivity contribution in [3.05, 3.63) is 34.0 Å². The van der Waals surface area contributed by atoms with Gasteiger partial charge < -0.3 is 10.4 Å². The Bertz CT molecular complexity index is 721. The highest BCUT2D eigenvalue weighted by molar-refractivity contribution is 7.10. The lowest BCUT2D eigenvalue weighted by atomic mass is 9.44. The summed E-state index contributed by atoms with van der Waals surface area (Å²) in [5.74, 6) is 1.11. The van der Waals surface area contributed by atoms with Crippen molar-refractivity contribution in [1.82, 2.24) is 5.32 Å². The van der Waals surface area contributed by atoms with Crippen molar-refractivity contribution < 1.29 is 14.7 Å². The fourth-order valence-electron chi connectivity index (χ4n) is 4.98. The van der Waals surface area contributed by atoms with Gasteiger partial charge in [0.15, 0.2) is 0 Å². The number of amides is 1. The molecule has 0 aliphatic heterocycles. The van der Waals surface area contributed by atoms with Crippen LogP contribution in [0.1, 0.15) is 67.6 Å². The largest absolute Gasteiger partial charge is 0.481 e. The van der Waals surface area contributed by atoms with Crippen molar-refractivity contribution in [1.29, 1.82) is 0 Å². The highest BCUT2D eigenvalue weighted by atomic mass is 32.1. The molecule has 0 unspecified atom stereocenters. The SMILES string of the molecule is Cc1sccc1C(=O)N[C@@H]1[C@@H](C/C=C\CCCC(=O)O)C[C@H]2C[C@@H]1C2(C)C. The van der Waals surface area contributed by atoms with Crippen molar-refractivity contribution in [2.24, 2.45) is 23.2 Å². The van der Waals surface area contributed by atoms with Crippen LogP contribution < -0.4 is 5.32 Å². The molecule has 5 heteroatoms. The second-order valence-corrected chi connectivity index (χ2v) is 9.86. The third-order valence-electron chi connectivity index (χ3n) is 6.84. The van der Waals surface area contributed by atoms with Crippen molar-refractivity contribution in [2.45, 2.75) is 65.3 Å². The molecule has 3 aliphatic rings. The van der Waals surface area contributed by atoms with E-state index in [4.69, 9.17) is 5.11 Å². The van der Waals surface area contributed by atoms with Crippen molar-refractivity contribution in [2.75, 3.05) is 0 Å². The normalized spacial score (nSPS) is 28.7. The molecular formula is C22H31NO3S. The molecule has 1 aromatic heterocycles. The quantitative estimate of drug-likeness (QED) is 0.483. The minimum absolute atomic E-state index is 0.0651. The van der Waals surface area contributed by atoms with Gasteiger partial charge in [-0.2, -0.15) is 0 Å². The topological polar surface area (TPSA) is 66.4 Å². The summed E-state index contributed by atoms with van der Waals surface area (Å²) in [5, 5.41) is 14.1. The third kappa shape index (κ3) is 4.29. The Balaban J connectivity index is 1.62. The molecule has 3 aliphatic carbocycles. The minimum Gasteiger partial charge on any atom is -0.481 e. The predicted molar refractivity (Wildman–Crippen MR) is 109 cm³/mol. The Labute approximate surface area is 166 Å². The number of hydrogen-bond donors (Lipinski definition) is 2. The van der Waals surface area contributed by atoms with Gasteiger partial charge in [0, 0.05) is 17.3 Å². The van der Waals surface area contributed by atoms with E-state index >= 15 is 0 Å². The number of hydrogen-bond acceptors (Lipinski definition) is 3. The molecular weight excluding hydrogens is 358 g/mol. The zero-order valence-corrected chi connectivity index (χ0v) is 17.3. The Kier molecular flexibility index (Phi) is 6.09. The number of nitrogens with one attached hydrogen (secondary N) is 1. The molecule has 148 valence electrons. The maximum atomic E-state index is 12.8. The Morgan fingerprint density at radius 1 is 1.33 bits per heavy atom. The van der Waals surface area contributed by atoms with Crippen LogP contribution in [0.4, 0.5) is 0 Å². The monoisotopic (exact) mass is 389 g/mol. The number of carboxylic acid groups (broad SMARTS) is 1. The molecule has 1 amide bonds. The second kappa shape index (κ2) is 8.17. The summed E-state index contributed by atoms with van der Waals surface area (Å²) < 4.78 is 0. The molecule has 3 saturated carbocycles. The first kappa shape index (κ1) is 20.1. The van der Waals surface area contributed by atoms with Gasteiger partial charge in [-0.05, 0) is 73.6 Å². The molecule has 1 aromatic rings. The van der Waals surface area contributed by atoms with Gasteiger partial charge in [0.2, 0.25) is 0 Å². The van der Waals surface area contributed by atoms with Gasteiger partial charge in [0.25, 0.3) is 5.91 Å². The molecule has 0 spiro atoms. The number of allylic oxidation sites excluding steroid dienone is 2. The van der Waals surface area contributed by atoms with Crippen molar-refractivity contribution in [3.63, 3.8) is 0 Å². The van der Waals surface area contributed by atoms with Gasteiger partial charge in [-0.1, -0.05) is 26.0 Å². The fourth-order valence-corrected chi connectivity index (χ4v) is 5.67. The summed E-state index contributed by atoms with van der Waals surface area (Å²) in [5.41, 5.74) is 1.12. The predicted octanol–water partition coefficient (Wildman–Crippen LogP) is 5.04. The van der Waals surface area contributed by atoms with Gasteiger partial charge in [0.05, 0.1) is 5.56 Å². The highest BCUT2D eigenvalue weighted by Gasteiger charge is 2.57. The Morgan fingerprint density at radius 3 is 2.74 bits per heavy atom. The van der Waals surface area contributed by atoms with Crippen LogP contribution in [-0.2, 0) is 4.79 Å². The molecule has 1 heterocycles. The Morgan fingerprint density at radius 2 is 2.11 bits per heavy atom. The lowest BCUT2D eigenvalue weighted by Crippen LogP contribution is -2.63. The van der Waals surface area contributed by atoms with Crippen molar-refractivity contribution in [3.8, 4) is 0 Å². The molecule has 3 fully saturated rings. The maximum absolute atomic E-state index is 12.8. The van der Waals surface area contributed by atoms with Crippen LogP contribution in [0.5, 0.6) is 0 Å². The summed E-state index contributed by atoms with van der Waals surface area (Å²) >= 11 is 1.62. The standard InChI is InChI=1S/C22H31NO3S/c1-14-17(10-11-27-14)21(26)23-20-15(8-6-4-5-7-9-19(24)25)12-16-13-18(20)22(16,2)3/h4,6,10-11,15-16,18,20H,5,7-9,12-13H2,1-3H3,(H,23,26)(H,24,25)/b6-4-/t15-,16-,18-,20+/m0/s1. The first-order valence-electron chi connectivity index (χ1n) is 10.0. The van der Waals surface area contributed by atoms with Gasteiger partial charge in [-0.3, -0.25) is 9.59 Å². The van der Waals surface area contributed by atoms with E-state index in [0.717, 1.165) is 35.6 Å². The zero-order valence-electron chi connectivity index (χ0n) is 16.5. The molecule has 0 saturated heterocycles. The number of unbranched alkanes of at least 4 members (excludes halogenated alkanes) is 1. The van der Waals surface area contributed by atoms with Crippen LogP contribution in [0.15, 0.2) is 23.6 Å². The Hall–Kier alpha value is -1.62.